The zero-order valence-corrected chi connectivity index (χ0v) is 9.20. The molecule has 8 heteroatoms. The average Bonchev–Trinajstić information content (AvgIpc) is 2.58. The highest BCUT2D eigenvalue weighted by Crippen LogP contribution is 2.18. The van der Waals surface area contributed by atoms with E-state index in [1.807, 2.05) is 0 Å². The van der Waals surface area contributed by atoms with Crippen molar-refractivity contribution < 1.29 is 19.5 Å². The van der Waals surface area contributed by atoms with Crippen LogP contribution >= 0.6 is 0 Å². The number of likely N-dealkylation sites (tertiary alicyclic amines) is 1. The molecule has 8 nitrogen and oxygen atoms in total. The summed E-state index contributed by atoms with van der Waals surface area (Å²) in [6.45, 7) is -0.0150. The van der Waals surface area contributed by atoms with Crippen LogP contribution in [-0.2, 0) is 14.4 Å². The maximum atomic E-state index is 11.8. The van der Waals surface area contributed by atoms with E-state index in [1.165, 1.54) is 0 Å². The van der Waals surface area contributed by atoms with Gasteiger partial charge in [-0.1, -0.05) is 0 Å². The molecule has 1 aliphatic rings. The summed E-state index contributed by atoms with van der Waals surface area (Å²) in [6.07, 6.45) is -1.03. The van der Waals surface area contributed by atoms with Crippen LogP contribution < -0.4 is 17.2 Å². The summed E-state index contributed by atoms with van der Waals surface area (Å²) >= 11 is 0. The van der Waals surface area contributed by atoms with Gasteiger partial charge in [-0.2, -0.15) is 0 Å². The maximum Gasteiger partial charge on any atom is 0.240 e. The fraction of sp³-hybridized carbons (Fsp3) is 0.667. The number of nitrogens with zero attached hydrogens (tertiary/aromatic N) is 1. The highest BCUT2D eigenvalue weighted by Gasteiger charge is 2.39. The Kier molecular flexibility index (Phi) is 4.02. The van der Waals surface area contributed by atoms with Crippen molar-refractivity contribution in [3.05, 3.63) is 0 Å². The van der Waals surface area contributed by atoms with Crippen molar-refractivity contribution in [2.24, 2.45) is 17.2 Å². The number of carbonyl (C=O) groups is 3. The SMILES string of the molecule is NC(=O)CC(N)C(=O)N1CC(O)CC1C(N)=O. The van der Waals surface area contributed by atoms with Crippen LogP contribution in [0.15, 0.2) is 0 Å². The third kappa shape index (κ3) is 3.14. The van der Waals surface area contributed by atoms with Crippen molar-refractivity contribution in [3.8, 4) is 0 Å². The Morgan fingerprint density at radius 3 is 2.41 bits per heavy atom. The molecule has 96 valence electrons. The molecule has 1 fully saturated rings. The summed E-state index contributed by atoms with van der Waals surface area (Å²) in [5.41, 5.74) is 15.5. The minimum Gasteiger partial charge on any atom is -0.391 e. The smallest absolute Gasteiger partial charge is 0.240 e. The van der Waals surface area contributed by atoms with Gasteiger partial charge in [0.15, 0.2) is 0 Å². The Balaban J connectivity index is 2.73. The molecule has 0 aromatic carbocycles. The second kappa shape index (κ2) is 5.11. The van der Waals surface area contributed by atoms with Gasteiger partial charge in [-0.3, -0.25) is 14.4 Å². The number of hydrogen-bond acceptors (Lipinski definition) is 5. The summed E-state index contributed by atoms with van der Waals surface area (Å²) < 4.78 is 0. The molecule has 0 spiro atoms. The number of hydrogen-bond donors (Lipinski definition) is 4. The first-order valence-electron chi connectivity index (χ1n) is 5.14. The van der Waals surface area contributed by atoms with E-state index in [0.29, 0.717) is 0 Å². The van der Waals surface area contributed by atoms with Crippen molar-refractivity contribution in [3.63, 3.8) is 0 Å². The van der Waals surface area contributed by atoms with Gasteiger partial charge in [0.25, 0.3) is 0 Å². The summed E-state index contributed by atoms with van der Waals surface area (Å²) in [6, 6.07) is -1.99. The van der Waals surface area contributed by atoms with E-state index in [9.17, 15) is 19.5 Å². The lowest BCUT2D eigenvalue weighted by Crippen LogP contribution is -2.51. The third-order valence-electron chi connectivity index (χ3n) is 2.63. The molecule has 0 radical (unpaired) electrons. The van der Waals surface area contributed by atoms with Crippen molar-refractivity contribution in [2.45, 2.75) is 31.0 Å². The molecule has 17 heavy (non-hydrogen) atoms. The second-order valence-corrected chi connectivity index (χ2v) is 4.08. The predicted molar refractivity (Wildman–Crippen MR) is 57.1 cm³/mol. The van der Waals surface area contributed by atoms with Crippen LogP contribution in [0.2, 0.25) is 0 Å². The van der Waals surface area contributed by atoms with Crippen LogP contribution in [-0.4, -0.2) is 52.5 Å². The molecule has 0 aromatic rings. The van der Waals surface area contributed by atoms with Crippen LogP contribution in [0.5, 0.6) is 0 Å². The number of primary amides is 2. The Bertz CT molecular complexity index is 346. The van der Waals surface area contributed by atoms with Gasteiger partial charge in [-0.25, -0.2) is 0 Å². The third-order valence-corrected chi connectivity index (χ3v) is 2.63. The minimum absolute atomic E-state index is 0.0150. The van der Waals surface area contributed by atoms with Crippen molar-refractivity contribution in [1.82, 2.24) is 4.90 Å². The molecule has 7 N–H and O–H groups in total. The van der Waals surface area contributed by atoms with Gasteiger partial charge < -0.3 is 27.2 Å². The van der Waals surface area contributed by atoms with Crippen LogP contribution in [0.1, 0.15) is 12.8 Å². The first-order chi connectivity index (χ1) is 7.82. The molecule has 1 rings (SSSR count). The number of amides is 3. The van der Waals surface area contributed by atoms with Gasteiger partial charge in [-0.05, 0) is 0 Å². The summed E-state index contributed by atoms with van der Waals surface area (Å²) in [5.74, 6) is -2.02. The molecule has 3 unspecified atom stereocenters. The molecule has 3 amide bonds. The number of carbonyl (C=O) groups excluding carboxylic acids is 3. The molecule has 3 atom stereocenters. The number of nitrogens with two attached hydrogens (primary N) is 3. The summed E-state index contributed by atoms with van der Waals surface area (Å²) in [5, 5.41) is 9.40. The Morgan fingerprint density at radius 1 is 1.35 bits per heavy atom. The lowest BCUT2D eigenvalue weighted by Gasteiger charge is -2.24. The Labute approximate surface area is 97.7 Å². The quantitative estimate of drug-likeness (QED) is 0.406. The zero-order chi connectivity index (χ0) is 13.2. The van der Waals surface area contributed by atoms with Crippen LogP contribution in [0.25, 0.3) is 0 Å². The molecule has 1 aliphatic heterocycles. The van der Waals surface area contributed by atoms with Crippen LogP contribution in [0, 0.1) is 0 Å². The number of β-amino-alcohol motifs (C(OH)–C–C–N with tert-alkyl or cyclic N) is 1. The molecule has 1 heterocycles. The molecule has 0 aliphatic carbocycles. The minimum atomic E-state index is -1.11. The van der Waals surface area contributed by atoms with E-state index in [-0.39, 0.29) is 19.4 Å². The summed E-state index contributed by atoms with van der Waals surface area (Å²) in [4.78, 5) is 34.6. The molecular formula is C9H16N4O4. The molecule has 0 aromatic heterocycles. The van der Waals surface area contributed by atoms with E-state index in [1.54, 1.807) is 0 Å². The van der Waals surface area contributed by atoms with Crippen LogP contribution in [0.3, 0.4) is 0 Å². The van der Waals surface area contributed by atoms with Crippen molar-refractivity contribution in [1.29, 1.82) is 0 Å². The van der Waals surface area contributed by atoms with E-state index < -0.39 is 35.9 Å². The fourth-order valence-electron chi connectivity index (χ4n) is 1.84. The monoisotopic (exact) mass is 244 g/mol. The molecule has 0 bridgehead atoms. The number of aliphatic hydroxyl groups is 1. The largest absolute Gasteiger partial charge is 0.391 e. The van der Waals surface area contributed by atoms with Crippen molar-refractivity contribution in [2.75, 3.05) is 6.54 Å². The predicted octanol–water partition coefficient (Wildman–Crippen LogP) is -3.36. The number of rotatable bonds is 4. The molecule has 0 saturated carbocycles. The van der Waals surface area contributed by atoms with Gasteiger partial charge in [0.05, 0.1) is 18.6 Å². The Morgan fingerprint density at radius 2 is 1.94 bits per heavy atom. The van der Waals surface area contributed by atoms with E-state index in [4.69, 9.17) is 17.2 Å². The van der Waals surface area contributed by atoms with E-state index in [2.05, 4.69) is 0 Å². The van der Waals surface area contributed by atoms with E-state index >= 15 is 0 Å². The molecule has 1 saturated heterocycles. The highest BCUT2D eigenvalue weighted by molar-refractivity contribution is 5.92. The first-order valence-corrected chi connectivity index (χ1v) is 5.14. The van der Waals surface area contributed by atoms with Gasteiger partial charge >= 0.3 is 0 Å². The topological polar surface area (TPSA) is 153 Å². The van der Waals surface area contributed by atoms with Gasteiger partial charge in [-0.15, -0.1) is 0 Å². The van der Waals surface area contributed by atoms with Gasteiger partial charge in [0.1, 0.15) is 6.04 Å². The number of aliphatic hydroxyl groups excluding tert-OH is 1. The zero-order valence-electron chi connectivity index (χ0n) is 9.20. The maximum absolute atomic E-state index is 11.8. The molecular weight excluding hydrogens is 228 g/mol. The second-order valence-electron chi connectivity index (χ2n) is 4.08. The van der Waals surface area contributed by atoms with Gasteiger partial charge in [0, 0.05) is 13.0 Å². The van der Waals surface area contributed by atoms with Crippen molar-refractivity contribution >= 4 is 17.7 Å². The summed E-state index contributed by atoms with van der Waals surface area (Å²) in [7, 11) is 0. The normalized spacial score (nSPS) is 25.6. The Hall–Kier alpha value is -1.67. The van der Waals surface area contributed by atoms with E-state index in [0.717, 1.165) is 4.90 Å². The standard InChI is InChI=1S/C9H16N4O4/c10-5(2-7(11)15)9(17)13-3-4(14)1-6(13)8(12)16/h4-6,14H,1-3,10H2,(H2,11,15)(H2,12,16). The highest BCUT2D eigenvalue weighted by atomic mass is 16.3. The first kappa shape index (κ1) is 13.4. The van der Waals surface area contributed by atoms with Crippen LogP contribution in [0.4, 0.5) is 0 Å². The fourth-order valence-corrected chi connectivity index (χ4v) is 1.84. The average molecular weight is 244 g/mol. The lowest BCUT2D eigenvalue weighted by atomic mass is 10.1. The lowest BCUT2D eigenvalue weighted by molar-refractivity contribution is -0.139. The van der Waals surface area contributed by atoms with Gasteiger partial charge in [0.2, 0.25) is 17.7 Å².